The summed E-state index contributed by atoms with van der Waals surface area (Å²) >= 11 is 14.4. The molecular formula is C14H12BrClN2S. The van der Waals surface area contributed by atoms with E-state index >= 15 is 0 Å². The van der Waals surface area contributed by atoms with Gasteiger partial charge in [0, 0.05) is 20.7 Å². The summed E-state index contributed by atoms with van der Waals surface area (Å²) in [5.41, 5.74) is 9.51. The Balaban J connectivity index is 2.29. The first-order valence-corrected chi connectivity index (χ1v) is 7.18. The highest BCUT2D eigenvalue weighted by atomic mass is 79.9. The van der Waals surface area contributed by atoms with Crippen LogP contribution in [0.15, 0.2) is 40.9 Å². The molecule has 0 aliphatic carbocycles. The van der Waals surface area contributed by atoms with E-state index in [1.54, 1.807) is 0 Å². The molecule has 0 unspecified atom stereocenters. The van der Waals surface area contributed by atoms with Gasteiger partial charge in [-0.2, -0.15) is 0 Å². The van der Waals surface area contributed by atoms with E-state index in [1.165, 1.54) is 0 Å². The van der Waals surface area contributed by atoms with Crippen molar-refractivity contribution in [3.63, 3.8) is 0 Å². The number of aryl methyl sites for hydroxylation is 1. The topological polar surface area (TPSA) is 38.0 Å². The van der Waals surface area contributed by atoms with Crippen LogP contribution in [0.4, 0.5) is 11.4 Å². The molecule has 5 heteroatoms. The average Bonchev–Trinajstić information content (AvgIpc) is 2.32. The molecule has 0 saturated carbocycles. The minimum atomic E-state index is 0.414. The Morgan fingerprint density at radius 3 is 2.58 bits per heavy atom. The summed E-state index contributed by atoms with van der Waals surface area (Å²) in [5.74, 6) is 0. The van der Waals surface area contributed by atoms with Crippen LogP contribution < -0.4 is 11.1 Å². The van der Waals surface area contributed by atoms with Gasteiger partial charge in [0.1, 0.15) is 4.99 Å². The van der Waals surface area contributed by atoms with Crippen LogP contribution in [-0.4, -0.2) is 4.99 Å². The third kappa shape index (κ3) is 3.47. The summed E-state index contributed by atoms with van der Waals surface area (Å²) in [6, 6.07) is 11.5. The molecule has 3 N–H and O–H groups in total. The summed E-state index contributed by atoms with van der Waals surface area (Å²) < 4.78 is 0.913. The lowest BCUT2D eigenvalue weighted by atomic mass is 10.1. The molecular weight excluding hydrogens is 344 g/mol. The highest BCUT2D eigenvalue weighted by molar-refractivity contribution is 9.10. The van der Waals surface area contributed by atoms with Crippen molar-refractivity contribution in [3.8, 4) is 0 Å². The maximum atomic E-state index is 5.91. The summed E-state index contributed by atoms with van der Waals surface area (Å²) in [6.07, 6.45) is 0. The van der Waals surface area contributed by atoms with E-state index in [0.717, 1.165) is 27.0 Å². The van der Waals surface area contributed by atoms with Gasteiger partial charge in [-0.05, 0) is 64.8 Å². The van der Waals surface area contributed by atoms with E-state index in [0.29, 0.717) is 10.0 Å². The lowest BCUT2D eigenvalue weighted by molar-refractivity contribution is 1.42. The van der Waals surface area contributed by atoms with E-state index in [-0.39, 0.29) is 0 Å². The Bertz CT molecular complexity index is 643. The first-order chi connectivity index (χ1) is 8.97. The van der Waals surface area contributed by atoms with E-state index in [1.807, 2.05) is 43.3 Å². The predicted octanol–water partition coefficient (Wildman–Crippen LogP) is 4.79. The number of rotatable bonds is 3. The van der Waals surface area contributed by atoms with Crippen LogP contribution in [0.25, 0.3) is 0 Å². The third-order valence-corrected chi connectivity index (χ3v) is 3.81. The number of benzene rings is 2. The number of nitrogens with two attached hydrogens (primary N) is 1. The van der Waals surface area contributed by atoms with Crippen molar-refractivity contribution in [2.75, 3.05) is 5.32 Å². The number of hydrogen-bond donors (Lipinski definition) is 2. The highest BCUT2D eigenvalue weighted by Crippen LogP contribution is 2.29. The summed E-state index contributed by atoms with van der Waals surface area (Å²) in [5, 5.41) is 4.01. The second-order valence-corrected chi connectivity index (χ2v) is 5.87. The fourth-order valence-corrected chi connectivity index (χ4v) is 2.78. The van der Waals surface area contributed by atoms with Crippen LogP contribution in [-0.2, 0) is 0 Å². The lowest BCUT2D eigenvalue weighted by Crippen LogP contribution is -2.11. The van der Waals surface area contributed by atoms with Gasteiger partial charge < -0.3 is 11.1 Å². The second kappa shape index (κ2) is 5.90. The molecule has 0 bridgehead atoms. The minimum absolute atomic E-state index is 0.414. The van der Waals surface area contributed by atoms with E-state index in [2.05, 4.69) is 21.2 Å². The van der Waals surface area contributed by atoms with Gasteiger partial charge in [0.25, 0.3) is 0 Å². The summed E-state index contributed by atoms with van der Waals surface area (Å²) in [6.45, 7) is 1.98. The molecule has 0 radical (unpaired) electrons. The van der Waals surface area contributed by atoms with Crippen LogP contribution in [0.3, 0.4) is 0 Å². The van der Waals surface area contributed by atoms with Gasteiger partial charge in [-0.3, -0.25) is 0 Å². The Morgan fingerprint density at radius 2 is 2.00 bits per heavy atom. The molecule has 0 amide bonds. The zero-order chi connectivity index (χ0) is 14.0. The largest absolute Gasteiger partial charge is 0.389 e. The van der Waals surface area contributed by atoms with Crippen molar-refractivity contribution in [1.29, 1.82) is 0 Å². The molecule has 2 nitrogen and oxygen atoms in total. The van der Waals surface area contributed by atoms with Crippen LogP contribution >= 0.6 is 39.7 Å². The molecule has 0 fully saturated rings. The number of halogens is 2. The smallest absolute Gasteiger partial charge is 0.104 e. The van der Waals surface area contributed by atoms with Crippen molar-refractivity contribution in [2.24, 2.45) is 5.73 Å². The van der Waals surface area contributed by atoms with E-state index < -0.39 is 0 Å². The summed E-state index contributed by atoms with van der Waals surface area (Å²) in [7, 11) is 0. The zero-order valence-electron chi connectivity index (χ0n) is 10.2. The average molecular weight is 356 g/mol. The maximum absolute atomic E-state index is 5.91. The molecule has 19 heavy (non-hydrogen) atoms. The fourth-order valence-electron chi connectivity index (χ4n) is 1.76. The maximum Gasteiger partial charge on any atom is 0.104 e. The Kier molecular flexibility index (Phi) is 4.45. The molecule has 0 aliphatic heterocycles. The lowest BCUT2D eigenvalue weighted by Gasteiger charge is -2.11. The van der Waals surface area contributed by atoms with Crippen molar-refractivity contribution >= 4 is 56.1 Å². The quantitative estimate of drug-likeness (QED) is 0.778. The molecule has 0 aromatic heterocycles. The minimum Gasteiger partial charge on any atom is -0.389 e. The van der Waals surface area contributed by atoms with Crippen molar-refractivity contribution in [3.05, 3.63) is 57.0 Å². The number of nitrogens with one attached hydrogen (secondary N) is 1. The van der Waals surface area contributed by atoms with Gasteiger partial charge in [0.15, 0.2) is 0 Å². The second-order valence-electron chi connectivity index (χ2n) is 4.14. The number of thiocarbonyl (C=S) groups is 1. The molecule has 2 rings (SSSR count). The molecule has 2 aromatic carbocycles. The predicted molar refractivity (Wildman–Crippen MR) is 89.5 cm³/mol. The van der Waals surface area contributed by atoms with Gasteiger partial charge in [-0.15, -0.1) is 0 Å². The first-order valence-electron chi connectivity index (χ1n) is 5.60. The fraction of sp³-hybridized carbons (Fsp3) is 0.0714. The van der Waals surface area contributed by atoms with Crippen LogP contribution in [0.1, 0.15) is 11.1 Å². The number of hydrogen-bond acceptors (Lipinski definition) is 2. The third-order valence-electron chi connectivity index (χ3n) is 2.70. The number of anilines is 2. The molecule has 2 aromatic rings. The molecule has 0 saturated heterocycles. The highest BCUT2D eigenvalue weighted by Gasteiger charge is 2.05. The molecule has 0 spiro atoms. The SMILES string of the molecule is Cc1cc(Nc2ccc(Cl)cc2Br)ccc1C(N)=S. The molecule has 0 aliphatic rings. The normalized spacial score (nSPS) is 10.3. The van der Waals surface area contributed by atoms with Gasteiger partial charge >= 0.3 is 0 Å². The van der Waals surface area contributed by atoms with E-state index in [4.69, 9.17) is 29.6 Å². The monoisotopic (exact) mass is 354 g/mol. The van der Waals surface area contributed by atoms with Gasteiger partial charge in [0.2, 0.25) is 0 Å². The van der Waals surface area contributed by atoms with Crippen LogP contribution in [0.2, 0.25) is 5.02 Å². The molecule has 98 valence electrons. The van der Waals surface area contributed by atoms with Crippen molar-refractivity contribution in [1.82, 2.24) is 0 Å². The van der Waals surface area contributed by atoms with Crippen LogP contribution in [0, 0.1) is 6.92 Å². The molecule has 0 atom stereocenters. The Morgan fingerprint density at radius 1 is 1.26 bits per heavy atom. The summed E-state index contributed by atoms with van der Waals surface area (Å²) in [4.78, 5) is 0.414. The first kappa shape index (κ1) is 14.3. The Hall–Kier alpha value is -1.10. The molecule has 0 heterocycles. The van der Waals surface area contributed by atoms with Crippen LogP contribution in [0.5, 0.6) is 0 Å². The van der Waals surface area contributed by atoms with Crippen molar-refractivity contribution in [2.45, 2.75) is 6.92 Å². The standard InChI is InChI=1S/C14H12BrClN2S/c1-8-6-10(3-4-11(8)14(17)19)18-13-5-2-9(16)7-12(13)15/h2-7,18H,1H3,(H2,17,19). The van der Waals surface area contributed by atoms with Gasteiger partial charge in [-0.1, -0.05) is 23.8 Å². The van der Waals surface area contributed by atoms with E-state index in [9.17, 15) is 0 Å². The van der Waals surface area contributed by atoms with Gasteiger partial charge in [-0.25, -0.2) is 0 Å². The Labute approximate surface area is 131 Å². The zero-order valence-corrected chi connectivity index (χ0v) is 13.4. The van der Waals surface area contributed by atoms with Crippen molar-refractivity contribution < 1.29 is 0 Å². The van der Waals surface area contributed by atoms with Gasteiger partial charge in [0.05, 0.1) is 5.69 Å².